The molecule has 1 heterocycles. The predicted molar refractivity (Wildman–Crippen MR) is 115 cm³/mol. The summed E-state index contributed by atoms with van der Waals surface area (Å²) in [5.41, 5.74) is 0.636. The van der Waals surface area contributed by atoms with E-state index in [-0.39, 0.29) is 24.3 Å². The molecule has 1 aliphatic heterocycles. The number of alkyl carbamates (subject to hydrolysis) is 1. The summed E-state index contributed by atoms with van der Waals surface area (Å²) >= 11 is 0. The Morgan fingerprint density at radius 2 is 1.74 bits per heavy atom. The molecule has 1 aliphatic rings. The Labute approximate surface area is 183 Å². The first-order chi connectivity index (χ1) is 14.5. The first-order valence-corrected chi connectivity index (χ1v) is 10.4. The minimum absolute atomic E-state index is 0.154. The van der Waals surface area contributed by atoms with Gasteiger partial charge in [0, 0.05) is 13.1 Å². The van der Waals surface area contributed by atoms with Crippen LogP contribution < -0.4 is 5.32 Å². The van der Waals surface area contributed by atoms with Gasteiger partial charge in [-0.15, -0.1) is 0 Å². The standard InChI is InChI=1S/C23H32N2O6/c1-16(19(20(26)27)24-21(28)31-23(2,3)4)14-17-10-12-25(13-11-17)22(29)30-15-18-8-6-5-7-9-18/h5-9,17H,10-15H2,1-4H3,(H,24,28)(H,26,27)/b19-16+. The summed E-state index contributed by atoms with van der Waals surface area (Å²) < 4.78 is 10.5. The Hall–Kier alpha value is -3.03. The zero-order valence-electron chi connectivity index (χ0n) is 18.6. The third kappa shape index (κ3) is 8.32. The molecule has 0 atom stereocenters. The van der Waals surface area contributed by atoms with Crippen molar-refractivity contribution in [1.29, 1.82) is 0 Å². The third-order valence-electron chi connectivity index (χ3n) is 4.94. The molecule has 8 nitrogen and oxygen atoms in total. The van der Waals surface area contributed by atoms with Crippen LogP contribution in [-0.2, 0) is 20.9 Å². The molecule has 1 aromatic carbocycles. The van der Waals surface area contributed by atoms with Crippen LogP contribution in [0.25, 0.3) is 0 Å². The molecule has 0 unspecified atom stereocenters. The number of aliphatic carboxylic acids is 1. The number of nitrogens with zero attached hydrogens (tertiary/aromatic N) is 1. The smallest absolute Gasteiger partial charge is 0.412 e. The number of rotatable bonds is 6. The molecular weight excluding hydrogens is 400 g/mol. The molecule has 170 valence electrons. The maximum Gasteiger partial charge on any atom is 0.412 e. The van der Waals surface area contributed by atoms with E-state index in [1.54, 1.807) is 32.6 Å². The second-order valence-electron chi connectivity index (χ2n) is 8.76. The lowest BCUT2D eigenvalue weighted by Crippen LogP contribution is -2.39. The van der Waals surface area contributed by atoms with Crippen molar-refractivity contribution < 1.29 is 29.0 Å². The van der Waals surface area contributed by atoms with E-state index in [4.69, 9.17) is 9.47 Å². The molecular formula is C23H32N2O6. The molecule has 1 fully saturated rings. The molecule has 0 aromatic heterocycles. The third-order valence-corrected chi connectivity index (χ3v) is 4.94. The van der Waals surface area contributed by atoms with E-state index >= 15 is 0 Å². The fourth-order valence-corrected chi connectivity index (χ4v) is 3.41. The predicted octanol–water partition coefficient (Wildman–Crippen LogP) is 4.31. The van der Waals surface area contributed by atoms with E-state index in [0.717, 1.165) is 18.4 Å². The molecule has 2 amide bonds. The van der Waals surface area contributed by atoms with Crippen LogP contribution in [-0.4, -0.2) is 46.9 Å². The van der Waals surface area contributed by atoms with Gasteiger partial charge < -0.3 is 19.5 Å². The second-order valence-corrected chi connectivity index (χ2v) is 8.76. The fourth-order valence-electron chi connectivity index (χ4n) is 3.41. The summed E-state index contributed by atoms with van der Waals surface area (Å²) in [6, 6.07) is 9.51. The lowest BCUT2D eigenvalue weighted by molar-refractivity contribution is -0.133. The maximum absolute atomic E-state index is 12.3. The number of allylic oxidation sites excluding steroid dienone is 1. The number of carboxylic acids is 1. The highest BCUT2D eigenvalue weighted by molar-refractivity contribution is 5.91. The van der Waals surface area contributed by atoms with Gasteiger partial charge in [0.15, 0.2) is 0 Å². The highest BCUT2D eigenvalue weighted by atomic mass is 16.6. The molecule has 0 spiro atoms. The van der Waals surface area contributed by atoms with Crippen molar-refractivity contribution in [3.63, 3.8) is 0 Å². The molecule has 31 heavy (non-hydrogen) atoms. The SMILES string of the molecule is C/C(CC1CCN(C(=O)OCc2ccccc2)CC1)=C(\NC(=O)OC(C)(C)C)C(=O)O. The summed E-state index contributed by atoms with van der Waals surface area (Å²) in [4.78, 5) is 37.5. The quantitative estimate of drug-likeness (QED) is 0.649. The van der Waals surface area contributed by atoms with Gasteiger partial charge in [-0.2, -0.15) is 0 Å². The van der Waals surface area contributed by atoms with Crippen LogP contribution >= 0.6 is 0 Å². The summed E-state index contributed by atoms with van der Waals surface area (Å²) in [5, 5.41) is 11.8. The van der Waals surface area contributed by atoms with Crippen LogP contribution in [0, 0.1) is 5.92 Å². The Morgan fingerprint density at radius 1 is 1.13 bits per heavy atom. The van der Waals surface area contributed by atoms with E-state index in [9.17, 15) is 19.5 Å². The first kappa shape index (κ1) is 24.2. The number of nitrogens with one attached hydrogen (secondary N) is 1. The van der Waals surface area contributed by atoms with Crippen LogP contribution in [0.15, 0.2) is 41.6 Å². The van der Waals surface area contributed by atoms with Crippen LogP contribution in [0.3, 0.4) is 0 Å². The van der Waals surface area contributed by atoms with E-state index in [0.29, 0.717) is 25.1 Å². The normalized spacial score (nSPS) is 15.7. The van der Waals surface area contributed by atoms with Crippen molar-refractivity contribution in [3.05, 3.63) is 47.2 Å². The number of ether oxygens (including phenoxy) is 2. The lowest BCUT2D eigenvalue weighted by atomic mass is 9.90. The lowest BCUT2D eigenvalue weighted by Gasteiger charge is -2.31. The number of carbonyl (C=O) groups is 3. The fraction of sp³-hybridized carbons (Fsp3) is 0.522. The summed E-state index contributed by atoms with van der Waals surface area (Å²) in [6.07, 6.45) is 0.853. The Bertz CT molecular complexity index is 805. The van der Waals surface area contributed by atoms with Gasteiger partial charge in [0.2, 0.25) is 0 Å². The minimum atomic E-state index is -1.20. The van der Waals surface area contributed by atoms with Crippen LogP contribution in [0.4, 0.5) is 9.59 Å². The molecule has 0 saturated carbocycles. The topological polar surface area (TPSA) is 105 Å². The number of carboxylic acid groups (broad SMARTS) is 1. The molecule has 0 bridgehead atoms. The maximum atomic E-state index is 12.3. The van der Waals surface area contributed by atoms with Crippen molar-refractivity contribution >= 4 is 18.2 Å². The summed E-state index contributed by atoms with van der Waals surface area (Å²) in [5.74, 6) is -0.988. The van der Waals surface area contributed by atoms with E-state index in [2.05, 4.69) is 5.32 Å². The van der Waals surface area contributed by atoms with Crippen molar-refractivity contribution in [2.45, 2.75) is 59.2 Å². The van der Waals surface area contributed by atoms with Crippen LogP contribution in [0.1, 0.15) is 52.5 Å². The molecule has 0 radical (unpaired) electrons. The largest absolute Gasteiger partial charge is 0.477 e. The highest BCUT2D eigenvalue weighted by Crippen LogP contribution is 2.25. The monoisotopic (exact) mass is 432 g/mol. The number of carbonyl (C=O) groups excluding carboxylic acids is 2. The highest BCUT2D eigenvalue weighted by Gasteiger charge is 2.26. The van der Waals surface area contributed by atoms with Gasteiger partial charge in [-0.1, -0.05) is 30.3 Å². The zero-order valence-corrected chi connectivity index (χ0v) is 18.6. The molecule has 1 saturated heterocycles. The Balaban J connectivity index is 1.85. The molecule has 8 heteroatoms. The first-order valence-electron chi connectivity index (χ1n) is 10.4. The van der Waals surface area contributed by atoms with Crippen molar-refractivity contribution in [2.24, 2.45) is 5.92 Å². The molecule has 1 aromatic rings. The molecule has 2 N–H and O–H groups in total. The van der Waals surface area contributed by atoms with Gasteiger partial charge in [-0.25, -0.2) is 14.4 Å². The van der Waals surface area contributed by atoms with Gasteiger partial charge in [-0.3, -0.25) is 5.32 Å². The molecule has 0 aliphatic carbocycles. The Kier molecular flexibility index (Phi) is 8.47. The van der Waals surface area contributed by atoms with Gasteiger partial charge in [0.05, 0.1) is 0 Å². The van der Waals surface area contributed by atoms with Crippen molar-refractivity contribution in [1.82, 2.24) is 10.2 Å². The average Bonchev–Trinajstić information content (AvgIpc) is 2.70. The molecule has 2 rings (SSSR count). The number of hydrogen-bond donors (Lipinski definition) is 2. The van der Waals surface area contributed by atoms with Gasteiger partial charge in [0.25, 0.3) is 0 Å². The number of likely N-dealkylation sites (tertiary alicyclic amines) is 1. The van der Waals surface area contributed by atoms with Gasteiger partial charge >= 0.3 is 18.2 Å². The van der Waals surface area contributed by atoms with Crippen molar-refractivity contribution in [2.75, 3.05) is 13.1 Å². The summed E-state index contributed by atoms with van der Waals surface area (Å²) in [7, 11) is 0. The van der Waals surface area contributed by atoms with E-state index < -0.39 is 17.7 Å². The van der Waals surface area contributed by atoms with Gasteiger partial charge in [0.1, 0.15) is 17.9 Å². The number of amides is 2. The van der Waals surface area contributed by atoms with Crippen LogP contribution in [0.5, 0.6) is 0 Å². The van der Waals surface area contributed by atoms with Gasteiger partial charge in [-0.05, 0) is 64.0 Å². The number of piperidine rings is 1. The number of benzene rings is 1. The van der Waals surface area contributed by atoms with E-state index in [1.165, 1.54) is 0 Å². The summed E-state index contributed by atoms with van der Waals surface area (Å²) in [6.45, 7) is 8.16. The number of hydrogen-bond acceptors (Lipinski definition) is 5. The Morgan fingerprint density at radius 3 is 2.29 bits per heavy atom. The van der Waals surface area contributed by atoms with Crippen molar-refractivity contribution in [3.8, 4) is 0 Å². The zero-order chi connectivity index (χ0) is 23.0. The minimum Gasteiger partial charge on any atom is -0.477 e. The second kappa shape index (κ2) is 10.8. The van der Waals surface area contributed by atoms with Crippen LogP contribution in [0.2, 0.25) is 0 Å². The average molecular weight is 433 g/mol. The van der Waals surface area contributed by atoms with E-state index in [1.807, 2.05) is 30.3 Å².